The lowest BCUT2D eigenvalue weighted by molar-refractivity contribution is 0.0942. The number of piperidine rings is 1. The van der Waals surface area contributed by atoms with Crippen molar-refractivity contribution in [1.82, 2.24) is 14.2 Å². The van der Waals surface area contributed by atoms with Crippen molar-refractivity contribution in [2.24, 2.45) is 13.0 Å². The highest BCUT2D eigenvalue weighted by Crippen LogP contribution is 2.27. The topological polar surface area (TPSA) is 71.4 Å². The van der Waals surface area contributed by atoms with Gasteiger partial charge in [-0.05, 0) is 37.3 Å². The second-order valence-corrected chi connectivity index (χ2v) is 9.20. The average molecular weight is 390 g/mol. The molecule has 3 rings (SSSR count). The minimum Gasteiger partial charge on any atom is -0.347 e. The summed E-state index contributed by atoms with van der Waals surface area (Å²) in [6, 6.07) is 11.1. The summed E-state index contributed by atoms with van der Waals surface area (Å²) in [7, 11) is -1.86. The van der Waals surface area contributed by atoms with E-state index in [-0.39, 0.29) is 10.8 Å². The van der Waals surface area contributed by atoms with E-state index in [0.29, 0.717) is 36.9 Å². The number of sulfonamides is 1. The highest BCUT2D eigenvalue weighted by molar-refractivity contribution is 7.89. The first-order valence-corrected chi connectivity index (χ1v) is 10.7. The third-order valence-corrected chi connectivity index (χ3v) is 7.39. The standard InChI is InChI=1S/C20H27N3O3S/c1-15-9-11-23(12-10-15)27(25,26)19-13-18(22(3)16(19)2)20(24)21-14-17-7-5-4-6-8-17/h4-8,13,15H,9-12,14H2,1-3H3,(H,21,24). The number of nitrogens with zero attached hydrogens (tertiary/aromatic N) is 2. The number of carbonyl (C=O) groups excluding carboxylic acids is 1. The normalized spacial score (nSPS) is 16.4. The Labute approximate surface area is 161 Å². The minimum atomic E-state index is -3.59. The van der Waals surface area contributed by atoms with Crippen molar-refractivity contribution >= 4 is 15.9 Å². The van der Waals surface area contributed by atoms with Gasteiger partial charge in [-0.15, -0.1) is 0 Å². The van der Waals surface area contributed by atoms with Crippen LogP contribution in [-0.2, 0) is 23.6 Å². The molecule has 2 heterocycles. The second-order valence-electron chi connectivity index (χ2n) is 7.29. The summed E-state index contributed by atoms with van der Waals surface area (Å²) in [6.45, 7) is 5.36. The Morgan fingerprint density at radius 2 is 1.81 bits per heavy atom. The Hall–Kier alpha value is -2.12. The molecular weight excluding hydrogens is 362 g/mol. The highest BCUT2D eigenvalue weighted by Gasteiger charge is 2.32. The Morgan fingerprint density at radius 3 is 2.44 bits per heavy atom. The lowest BCUT2D eigenvalue weighted by Crippen LogP contribution is -2.38. The first-order chi connectivity index (χ1) is 12.8. The zero-order valence-electron chi connectivity index (χ0n) is 16.1. The van der Waals surface area contributed by atoms with Gasteiger partial charge < -0.3 is 9.88 Å². The molecule has 2 aromatic rings. The van der Waals surface area contributed by atoms with Crippen LogP contribution < -0.4 is 5.32 Å². The summed E-state index contributed by atoms with van der Waals surface area (Å²) in [5.41, 5.74) is 1.93. The quantitative estimate of drug-likeness (QED) is 0.855. The van der Waals surface area contributed by atoms with Gasteiger partial charge in [0.25, 0.3) is 5.91 Å². The lowest BCUT2D eigenvalue weighted by Gasteiger charge is -2.29. The molecule has 0 radical (unpaired) electrons. The van der Waals surface area contributed by atoms with Crippen LogP contribution >= 0.6 is 0 Å². The summed E-state index contributed by atoms with van der Waals surface area (Å²) in [6.07, 6.45) is 1.74. The minimum absolute atomic E-state index is 0.226. The molecule has 1 amide bonds. The number of benzene rings is 1. The number of hydrogen-bond donors (Lipinski definition) is 1. The third kappa shape index (κ3) is 4.09. The van der Waals surface area contributed by atoms with Crippen LogP contribution in [0.5, 0.6) is 0 Å². The molecule has 1 aromatic carbocycles. The fourth-order valence-electron chi connectivity index (χ4n) is 3.38. The second kappa shape index (κ2) is 7.86. The molecule has 0 atom stereocenters. The van der Waals surface area contributed by atoms with Gasteiger partial charge in [-0.25, -0.2) is 8.42 Å². The van der Waals surface area contributed by atoms with E-state index in [2.05, 4.69) is 12.2 Å². The van der Waals surface area contributed by atoms with Crippen molar-refractivity contribution in [3.63, 3.8) is 0 Å². The maximum atomic E-state index is 13.1. The van der Waals surface area contributed by atoms with Gasteiger partial charge >= 0.3 is 0 Å². The molecule has 0 saturated carbocycles. The first kappa shape index (κ1) is 19.6. The smallest absolute Gasteiger partial charge is 0.268 e. The molecule has 1 N–H and O–H groups in total. The zero-order chi connectivity index (χ0) is 19.6. The molecule has 0 spiro atoms. The van der Waals surface area contributed by atoms with Gasteiger partial charge in [0.2, 0.25) is 10.0 Å². The van der Waals surface area contributed by atoms with Gasteiger partial charge in [-0.1, -0.05) is 37.3 Å². The SMILES string of the molecule is Cc1c(S(=O)(=O)N2CCC(C)CC2)cc(C(=O)NCc2ccccc2)n1C. The highest BCUT2D eigenvalue weighted by atomic mass is 32.2. The van der Waals surface area contributed by atoms with E-state index in [1.807, 2.05) is 30.3 Å². The van der Waals surface area contributed by atoms with E-state index in [4.69, 9.17) is 0 Å². The summed E-state index contributed by atoms with van der Waals surface area (Å²) >= 11 is 0. The molecule has 27 heavy (non-hydrogen) atoms. The maximum absolute atomic E-state index is 13.1. The maximum Gasteiger partial charge on any atom is 0.268 e. The Kier molecular flexibility index (Phi) is 5.72. The molecular formula is C20H27N3O3S. The summed E-state index contributed by atoms with van der Waals surface area (Å²) in [5.74, 6) is 0.269. The van der Waals surface area contributed by atoms with Gasteiger partial charge in [0.1, 0.15) is 10.6 Å². The summed E-state index contributed by atoms with van der Waals surface area (Å²) in [4.78, 5) is 12.8. The Morgan fingerprint density at radius 1 is 1.19 bits per heavy atom. The van der Waals surface area contributed by atoms with Crippen LogP contribution in [-0.4, -0.2) is 36.3 Å². The number of rotatable bonds is 5. The predicted octanol–water partition coefficient (Wildman–Crippen LogP) is 2.68. The number of nitrogens with one attached hydrogen (secondary N) is 1. The number of amides is 1. The van der Waals surface area contributed by atoms with Crippen LogP contribution in [0.2, 0.25) is 0 Å². The summed E-state index contributed by atoms with van der Waals surface area (Å²) < 4.78 is 29.3. The molecule has 1 aromatic heterocycles. The van der Waals surface area contributed by atoms with Gasteiger partial charge in [-0.2, -0.15) is 4.31 Å². The predicted molar refractivity (Wildman–Crippen MR) is 105 cm³/mol. The van der Waals surface area contributed by atoms with E-state index in [0.717, 1.165) is 18.4 Å². The largest absolute Gasteiger partial charge is 0.347 e. The fraction of sp³-hybridized carbons (Fsp3) is 0.450. The van der Waals surface area contributed by atoms with E-state index in [1.54, 1.807) is 22.8 Å². The van der Waals surface area contributed by atoms with Crippen LogP contribution in [0, 0.1) is 12.8 Å². The monoisotopic (exact) mass is 389 g/mol. The molecule has 1 aliphatic rings. The number of carbonyl (C=O) groups is 1. The molecule has 0 bridgehead atoms. The fourth-order valence-corrected chi connectivity index (χ4v) is 5.12. The molecule has 7 heteroatoms. The van der Waals surface area contributed by atoms with E-state index >= 15 is 0 Å². The van der Waals surface area contributed by atoms with E-state index < -0.39 is 10.0 Å². The van der Waals surface area contributed by atoms with Crippen molar-refractivity contribution < 1.29 is 13.2 Å². The molecule has 1 aliphatic heterocycles. The van der Waals surface area contributed by atoms with Crippen LogP contribution in [0.25, 0.3) is 0 Å². The molecule has 6 nitrogen and oxygen atoms in total. The van der Waals surface area contributed by atoms with Gasteiger partial charge in [0.15, 0.2) is 0 Å². The Balaban J connectivity index is 1.80. The van der Waals surface area contributed by atoms with Crippen LogP contribution in [0.1, 0.15) is 41.5 Å². The molecule has 0 aliphatic carbocycles. The van der Waals surface area contributed by atoms with Gasteiger partial charge in [0, 0.05) is 32.4 Å². The van der Waals surface area contributed by atoms with Crippen LogP contribution in [0.3, 0.4) is 0 Å². The van der Waals surface area contributed by atoms with Crippen molar-refractivity contribution in [3.8, 4) is 0 Å². The zero-order valence-corrected chi connectivity index (χ0v) is 16.9. The lowest BCUT2D eigenvalue weighted by atomic mass is 10.0. The number of hydrogen-bond acceptors (Lipinski definition) is 3. The van der Waals surface area contributed by atoms with E-state index in [9.17, 15) is 13.2 Å². The van der Waals surface area contributed by atoms with Crippen molar-refractivity contribution in [3.05, 3.63) is 53.3 Å². The average Bonchev–Trinajstić information content (AvgIpc) is 2.97. The summed E-state index contributed by atoms with van der Waals surface area (Å²) in [5, 5.41) is 2.87. The van der Waals surface area contributed by atoms with Gasteiger partial charge in [-0.3, -0.25) is 4.79 Å². The molecule has 146 valence electrons. The van der Waals surface area contributed by atoms with Gasteiger partial charge in [0.05, 0.1) is 0 Å². The van der Waals surface area contributed by atoms with E-state index in [1.165, 1.54) is 6.07 Å². The molecule has 1 saturated heterocycles. The Bertz CT molecular complexity index is 911. The van der Waals surface area contributed by atoms with Crippen LogP contribution in [0.15, 0.2) is 41.3 Å². The van der Waals surface area contributed by atoms with Crippen molar-refractivity contribution in [2.45, 2.75) is 38.1 Å². The van der Waals surface area contributed by atoms with Crippen molar-refractivity contribution in [2.75, 3.05) is 13.1 Å². The molecule has 0 unspecified atom stereocenters. The first-order valence-electron chi connectivity index (χ1n) is 9.29. The van der Waals surface area contributed by atoms with Crippen LogP contribution in [0.4, 0.5) is 0 Å². The van der Waals surface area contributed by atoms with Crippen molar-refractivity contribution in [1.29, 1.82) is 0 Å². The third-order valence-electron chi connectivity index (χ3n) is 5.38. The molecule has 1 fully saturated rings. The number of aromatic nitrogens is 1.